The van der Waals surface area contributed by atoms with Crippen LogP contribution in [0.3, 0.4) is 0 Å². The lowest BCUT2D eigenvalue weighted by Crippen LogP contribution is -2.14. The van der Waals surface area contributed by atoms with Crippen LogP contribution in [0.4, 0.5) is 5.69 Å². The Morgan fingerprint density at radius 1 is 1.23 bits per heavy atom. The van der Waals surface area contributed by atoms with Crippen molar-refractivity contribution in [3.05, 3.63) is 48.2 Å². The molecule has 0 radical (unpaired) electrons. The smallest absolute Gasteiger partial charge is 0.337 e. The molecule has 2 heterocycles. The molecule has 0 unspecified atom stereocenters. The van der Waals surface area contributed by atoms with Gasteiger partial charge in [-0.3, -0.25) is 4.79 Å². The highest BCUT2D eigenvalue weighted by Crippen LogP contribution is 2.23. The Bertz CT molecular complexity index is 904. The number of aromatic nitrogens is 3. The van der Waals surface area contributed by atoms with E-state index in [1.165, 1.54) is 18.9 Å². The van der Waals surface area contributed by atoms with Crippen LogP contribution in [-0.2, 0) is 16.6 Å². The van der Waals surface area contributed by atoms with Crippen molar-refractivity contribution in [3.8, 4) is 11.6 Å². The zero-order valence-electron chi connectivity index (χ0n) is 14.1. The van der Waals surface area contributed by atoms with Crippen LogP contribution >= 0.6 is 11.8 Å². The number of hydrogen-bond donors (Lipinski definition) is 1. The Morgan fingerprint density at radius 3 is 2.65 bits per heavy atom. The summed E-state index contributed by atoms with van der Waals surface area (Å²) in [6.45, 7) is 0. The summed E-state index contributed by atoms with van der Waals surface area (Å²) in [5, 5.41) is 11.5. The molecule has 2 aromatic heterocycles. The molecule has 0 aliphatic carbocycles. The van der Waals surface area contributed by atoms with Crippen molar-refractivity contribution in [3.63, 3.8) is 0 Å². The SMILES string of the molecule is COC(=O)c1ccc(NC(=O)CSc2nnc(-c3ccco3)n2C)cc1. The van der Waals surface area contributed by atoms with Gasteiger partial charge in [0.25, 0.3) is 0 Å². The van der Waals surface area contributed by atoms with Gasteiger partial charge in [-0.05, 0) is 36.4 Å². The highest BCUT2D eigenvalue weighted by atomic mass is 32.2. The summed E-state index contributed by atoms with van der Waals surface area (Å²) < 4.78 is 11.7. The fraction of sp³-hybridized carbons (Fsp3) is 0.176. The third-order valence-electron chi connectivity index (χ3n) is 3.50. The molecule has 1 N–H and O–H groups in total. The molecular weight excluding hydrogens is 356 g/mol. The lowest BCUT2D eigenvalue weighted by atomic mass is 10.2. The predicted octanol–water partition coefficient (Wildman–Crippen LogP) is 2.59. The van der Waals surface area contributed by atoms with E-state index in [1.54, 1.807) is 47.2 Å². The van der Waals surface area contributed by atoms with E-state index in [0.717, 1.165) is 0 Å². The third kappa shape index (κ3) is 3.94. The van der Waals surface area contributed by atoms with Crippen LogP contribution in [0.2, 0.25) is 0 Å². The van der Waals surface area contributed by atoms with Crippen molar-refractivity contribution in [2.45, 2.75) is 5.16 Å². The molecule has 0 saturated carbocycles. The minimum atomic E-state index is -0.423. The molecular formula is C17H16N4O4S. The van der Waals surface area contributed by atoms with Gasteiger partial charge in [-0.2, -0.15) is 0 Å². The van der Waals surface area contributed by atoms with Crippen molar-refractivity contribution in [1.29, 1.82) is 0 Å². The van der Waals surface area contributed by atoms with Crippen LogP contribution < -0.4 is 5.32 Å². The number of rotatable bonds is 6. The number of ether oxygens (including phenoxy) is 1. The average molecular weight is 372 g/mol. The second-order valence-electron chi connectivity index (χ2n) is 5.25. The van der Waals surface area contributed by atoms with Crippen molar-refractivity contribution in [2.75, 3.05) is 18.2 Å². The van der Waals surface area contributed by atoms with E-state index in [2.05, 4.69) is 20.3 Å². The minimum absolute atomic E-state index is 0.170. The number of benzene rings is 1. The molecule has 26 heavy (non-hydrogen) atoms. The van der Waals surface area contributed by atoms with Gasteiger partial charge in [0.1, 0.15) is 0 Å². The molecule has 0 aliphatic rings. The van der Waals surface area contributed by atoms with Gasteiger partial charge in [-0.25, -0.2) is 4.79 Å². The van der Waals surface area contributed by atoms with Crippen LogP contribution in [-0.4, -0.2) is 39.5 Å². The van der Waals surface area contributed by atoms with Crippen molar-refractivity contribution >= 4 is 29.3 Å². The molecule has 0 spiro atoms. The van der Waals surface area contributed by atoms with Crippen molar-refractivity contribution < 1.29 is 18.7 Å². The lowest BCUT2D eigenvalue weighted by molar-refractivity contribution is -0.113. The molecule has 0 fully saturated rings. The number of nitrogens with zero attached hydrogens (tertiary/aromatic N) is 3. The molecule has 1 amide bonds. The van der Waals surface area contributed by atoms with Crippen LogP contribution in [0.25, 0.3) is 11.6 Å². The zero-order chi connectivity index (χ0) is 18.5. The van der Waals surface area contributed by atoms with E-state index < -0.39 is 5.97 Å². The molecule has 0 bridgehead atoms. The molecule has 1 aromatic carbocycles. The van der Waals surface area contributed by atoms with Gasteiger partial charge < -0.3 is 19.0 Å². The van der Waals surface area contributed by atoms with Gasteiger partial charge in [-0.1, -0.05) is 11.8 Å². The maximum Gasteiger partial charge on any atom is 0.337 e. The zero-order valence-corrected chi connectivity index (χ0v) is 14.9. The Morgan fingerprint density at radius 2 is 2.00 bits per heavy atom. The van der Waals surface area contributed by atoms with Gasteiger partial charge in [0, 0.05) is 12.7 Å². The second-order valence-corrected chi connectivity index (χ2v) is 6.19. The first-order valence-electron chi connectivity index (χ1n) is 7.63. The van der Waals surface area contributed by atoms with E-state index in [-0.39, 0.29) is 11.7 Å². The van der Waals surface area contributed by atoms with E-state index >= 15 is 0 Å². The van der Waals surface area contributed by atoms with Gasteiger partial charge in [0.05, 0.1) is 24.7 Å². The highest BCUT2D eigenvalue weighted by molar-refractivity contribution is 7.99. The maximum absolute atomic E-state index is 12.1. The molecule has 3 rings (SSSR count). The highest BCUT2D eigenvalue weighted by Gasteiger charge is 2.14. The Labute approximate surface area is 153 Å². The summed E-state index contributed by atoms with van der Waals surface area (Å²) in [6, 6.07) is 10.0. The summed E-state index contributed by atoms with van der Waals surface area (Å²) in [4.78, 5) is 23.5. The number of carbonyl (C=O) groups is 2. The van der Waals surface area contributed by atoms with Crippen molar-refractivity contribution in [1.82, 2.24) is 14.8 Å². The van der Waals surface area contributed by atoms with Crippen LogP contribution in [0.1, 0.15) is 10.4 Å². The monoisotopic (exact) mass is 372 g/mol. The molecule has 0 aliphatic heterocycles. The lowest BCUT2D eigenvalue weighted by Gasteiger charge is -2.06. The first-order chi connectivity index (χ1) is 12.6. The molecule has 0 saturated heterocycles. The summed E-state index contributed by atoms with van der Waals surface area (Å²) in [5.41, 5.74) is 1.02. The number of esters is 1. The quantitative estimate of drug-likeness (QED) is 0.524. The number of thioether (sulfide) groups is 1. The van der Waals surface area contributed by atoms with Crippen molar-refractivity contribution in [2.24, 2.45) is 7.05 Å². The number of anilines is 1. The fourth-order valence-electron chi connectivity index (χ4n) is 2.20. The van der Waals surface area contributed by atoms with E-state index in [4.69, 9.17) is 4.42 Å². The standard InChI is InChI=1S/C17H16N4O4S/c1-21-15(13-4-3-9-25-13)19-20-17(21)26-10-14(22)18-12-7-5-11(6-8-12)16(23)24-2/h3-9H,10H2,1-2H3,(H,18,22). The second kappa shape index (κ2) is 7.87. The first kappa shape index (κ1) is 17.7. The fourth-order valence-corrected chi connectivity index (χ4v) is 2.91. The molecule has 134 valence electrons. The topological polar surface area (TPSA) is 99.2 Å². The minimum Gasteiger partial charge on any atom is -0.465 e. The number of nitrogens with one attached hydrogen (secondary N) is 1. The number of hydrogen-bond acceptors (Lipinski definition) is 7. The molecule has 3 aromatic rings. The van der Waals surface area contributed by atoms with Crippen LogP contribution in [0.15, 0.2) is 52.2 Å². The molecule has 8 nitrogen and oxygen atoms in total. The van der Waals surface area contributed by atoms with Crippen LogP contribution in [0.5, 0.6) is 0 Å². The Kier molecular flexibility index (Phi) is 5.37. The summed E-state index contributed by atoms with van der Waals surface area (Å²) >= 11 is 1.27. The first-order valence-corrected chi connectivity index (χ1v) is 8.61. The van der Waals surface area contributed by atoms with Crippen LogP contribution in [0, 0.1) is 0 Å². The van der Waals surface area contributed by atoms with E-state index in [0.29, 0.717) is 28.0 Å². The summed E-state index contributed by atoms with van der Waals surface area (Å²) in [7, 11) is 3.13. The summed E-state index contributed by atoms with van der Waals surface area (Å²) in [6.07, 6.45) is 1.57. The van der Waals surface area contributed by atoms with E-state index in [9.17, 15) is 9.59 Å². The molecule has 9 heteroatoms. The van der Waals surface area contributed by atoms with E-state index in [1.807, 2.05) is 7.05 Å². The number of furan rings is 1. The Balaban J connectivity index is 1.57. The molecule has 0 atom stereocenters. The number of amides is 1. The average Bonchev–Trinajstić information content (AvgIpc) is 3.29. The van der Waals surface area contributed by atoms with Gasteiger partial charge in [0.15, 0.2) is 16.7 Å². The van der Waals surface area contributed by atoms with Gasteiger partial charge >= 0.3 is 5.97 Å². The summed E-state index contributed by atoms with van der Waals surface area (Å²) in [5.74, 6) is 0.762. The Hall–Kier alpha value is -3.07. The number of carbonyl (C=O) groups excluding carboxylic acids is 2. The maximum atomic E-state index is 12.1. The predicted molar refractivity (Wildman–Crippen MR) is 95.8 cm³/mol. The normalized spacial score (nSPS) is 10.5. The largest absolute Gasteiger partial charge is 0.465 e. The number of methoxy groups -OCH3 is 1. The third-order valence-corrected chi connectivity index (χ3v) is 4.52. The van der Waals surface area contributed by atoms with Gasteiger partial charge in [-0.15, -0.1) is 10.2 Å². The van der Waals surface area contributed by atoms with Gasteiger partial charge in [0.2, 0.25) is 5.91 Å².